The molecule has 0 spiro atoms. The van der Waals surface area contributed by atoms with Crippen LogP contribution in [0.4, 0.5) is 0 Å². The minimum Gasteiger partial charge on any atom is -0.307 e. The molecule has 12 heteroatoms. The van der Waals surface area contributed by atoms with Gasteiger partial charge in [-0.2, -0.15) is 10.1 Å². The van der Waals surface area contributed by atoms with Crippen LogP contribution in [0.2, 0.25) is 0 Å². The summed E-state index contributed by atoms with van der Waals surface area (Å²) in [6.07, 6.45) is 16.4. The number of nitrogens with zero attached hydrogens (tertiary/aromatic N) is 12. The zero-order chi connectivity index (χ0) is 51.4. The van der Waals surface area contributed by atoms with Crippen LogP contribution in [0.15, 0.2) is 73.8 Å². The second-order valence-corrected chi connectivity index (χ2v) is 26.7. The number of fused-ring (bicyclic) bond motifs is 4. The highest BCUT2D eigenvalue weighted by Crippen LogP contribution is 2.28. The molecule has 0 aliphatic heterocycles. The van der Waals surface area contributed by atoms with E-state index in [1.165, 1.54) is 11.1 Å². The van der Waals surface area contributed by atoms with Crippen molar-refractivity contribution in [3.05, 3.63) is 119 Å². The van der Waals surface area contributed by atoms with Crippen LogP contribution in [-0.4, -0.2) is 57.9 Å². The largest absolute Gasteiger partial charge is 0.307 e. The molecule has 0 aliphatic carbocycles. The van der Waals surface area contributed by atoms with E-state index in [0.717, 1.165) is 51.2 Å². The second-order valence-electron chi connectivity index (χ2n) is 26.7. The number of rotatable bonds is 0. The molecule has 0 fully saturated rings. The Hall–Kier alpha value is -5.52. The second kappa shape index (κ2) is 18.4. The van der Waals surface area contributed by atoms with Crippen molar-refractivity contribution in [1.29, 1.82) is 0 Å². The van der Waals surface area contributed by atoms with Gasteiger partial charge in [0.25, 0.3) is 5.78 Å². The van der Waals surface area contributed by atoms with Gasteiger partial charge in [0.2, 0.25) is 0 Å². The molecule has 0 unspecified atom stereocenters. The van der Waals surface area contributed by atoms with Crippen molar-refractivity contribution in [1.82, 2.24) is 57.9 Å². The van der Waals surface area contributed by atoms with Crippen LogP contribution in [-0.2, 0) is 43.3 Å². The van der Waals surface area contributed by atoms with E-state index in [4.69, 9.17) is 0 Å². The Labute approximate surface area is 407 Å². The fraction of sp³-hybridized carbons (Fsp3) is 0.571. The number of hydrogen-bond donors (Lipinski definition) is 0. The molecule has 8 aromatic rings. The first kappa shape index (κ1) is 53.4. The molecular formula is C56H84N12. The highest BCUT2D eigenvalue weighted by molar-refractivity contribution is 5.44. The van der Waals surface area contributed by atoms with Crippen LogP contribution in [0.1, 0.15) is 212 Å². The summed E-state index contributed by atoms with van der Waals surface area (Å²) in [5.74, 6) is 2.39. The quantitative estimate of drug-likeness (QED) is 0.147. The van der Waals surface area contributed by atoms with Gasteiger partial charge in [-0.25, -0.2) is 29.0 Å². The molecule has 0 saturated heterocycles. The number of imidazole rings is 2. The van der Waals surface area contributed by atoms with Crippen molar-refractivity contribution in [3.8, 4) is 0 Å². The van der Waals surface area contributed by atoms with Gasteiger partial charge in [-0.05, 0) is 45.1 Å². The SMILES string of the molecule is CC(C)(C)c1ccc2nc(C(C)(C)C)cn2c1.CC(C)(C)c1ccc2nc(C(C)(C)C)nn2c1.CC(C)(C)c1cn2cc(C(C)(C)C)nc2cn1.CC(C)(C)c1cnc2nc(C(C)(C)C)nn2c1. The van der Waals surface area contributed by atoms with Crippen molar-refractivity contribution < 1.29 is 0 Å². The van der Waals surface area contributed by atoms with Crippen LogP contribution in [0, 0.1) is 0 Å². The van der Waals surface area contributed by atoms with E-state index in [1.54, 1.807) is 4.52 Å². The molecule has 68 heavy (non-hydrogen) atoms. The summed E-state index contributed by atoms with van der Waals surface area (Å²) in [4.78, 5) is 27.1. The highest BCUT2D eigenvalue weighted by atomic mass is 15.3. The zero-order valence-corrected chi connectivity index (χ0v) is 46.3. The fourth-order valence-corrected chi connectivity index (χ4v) is 6.58. The number of pyridine rings is 2. The molecular weight excluding hydrogens is 841 g/mol. The van der Waals surface area contributed by atoms with E-state index >= 15 is 0 Å². The standard InChI is InChI=1S/C15H22N2.2C14H21N3.C13H20N4/c1-14(2,3)11-7-8-13-16-12(15(4,5)6)10-17(13)9-11;1-13(2,3)10-8-17-9-11(14(4,5)6)16-12(17)7-15-10;1-13(2,3)10-7-8-11-15-12(14(4,5)6)16-17(11)9-10;1-12(2,3)9-7-14-11-15-10(13(4,5)6)16-17(11)8-9/h7-10H,1-6H3;2*7-9H,1-6H3;7-8H,1-6H3. The Balaban J connectivity index is 0.000000169. The summed E-state index contributed by atoms with van der Waals surface area (Å²) in [5.41, 5.74) is 10.6. The molecule has 0 radical (unpaired) electrons. The molecule has 8 heterocycles. The molecule has 0 aliphatic rings. The predicted octanol–water partition coefficient (Wildman–Crippen LogP) is 13.3. The van der Waals surface area contributed by atoms with E-state index in [-0.39, 0.29) is 43.3 Å². The molecule has 0 aromatic carbocycles. The van der Waals surface area contributed by atoms with E-state index in [1.807, 2.05) is 29.2 Å². The maximum absolute atomic E-state index is 4.67. The van der Waals surface area contributed by atoms with Gasteiger partial charge in [0, 0.05) is 70.5 Å². The van der Waals surface area contributed by atoms with Crippen molar-refractivity contribution in [2.24, 2.45) is 0 Å². The first-order valence-corrected chi connectivity index (χ1v) is 24.2. The first-order chi connectivity index (χ1) is 30.7. The Bertz CT molecular complexity index is 2510. The van der Waals surface area contributed by atoms with Gasteiger partial charge in [0.1, 0.15) is 5.65 Å². The maximum Gasteiger partial charge on any atom is 0.252 e. The van der Waals surface area contributed by atoms with E-state index in [9.17, 15) is 0 Å². The summed E-state index contributed by atoms with van der Waals surface area (Å²) in [6.45, 7) is 52.1. The van der Waals surface area contributed by atoms with Crippen molar-refractivity contribution in [2.45, 2.75) is 209 Å². The van der Waals surface area contributed by atoms with Crippen LogP contribution in [0.5, 0.6) is 0 Å². The van der Waals surface area contributed by atoms with E-state index in [0.29, 0.717) is 5.78 Å². The predicted molar refractivity (Wildman–Crippen MR) is 282 cm³/mol. The van der Waals surface area contributed by atoms with E-state index in [2.05, 4.69) is 264 Å². The van der Waals surface area contributed by atoms with Crippen LogP contribution in [0.25, 0.3) is 22.7 Å². The highest BCUT2D eigenvalue weighted by Gasteiger charge is 2.24. The maximum atomic E-state index is 4.67. The van der Waals surface area contributed by atoms with Gasteiger partial charge in [-0.3, -0.25) is 4.98 Å². The molecule has 12 nitrogen and oxygen atoms in total. The third kappa shape index (κ3) is 13.4. The lowest BCUT2D eigenvalue weighted by Gasteiger charge is -2.18. The van der Waals surface area contributed by atoms with Gasteiger partial charge < -0.3 is 8.80 Å². The number of aromatic nitrogens is 12. The third-order valence-corrected chi connectivity index (χ3v) is 11.6. The Morgan fingerprint density at radius 3 is 1.21 bits per heavy atom. The van der Waals surface area contributed by atoms with Crippen molar-refractivity contribution in [2.75, 3.05) is 0 Å². The molecule has 0 amide bonds. The molecule has 0 bridgehead atoms. The summed E-state index contributed by atoms with van der Waals surface area (Å²) < 4.78 is 7.89. The average Bonchev–Trinajstić information content (AvgIpc) is 3.99. The van der Waals surface area contributed by atoms with Crippen LogP contribution < -0.4 is 0 Å². The van der Waals surface area contributed by atoms with Gasteiger partial charge in [0.15, 0.2) is 22.9 Å². The topological polar surface area (TPSA) is 121 Å². The zero-order valence-electron chi connectivity index (χ0n) is 46.3. The molecule has 0 atom stereocenters. The van der Waals surface area contributed by atoms with Crippen LogP contribution in [0.3, 0.4) is 0 Å². The summed E-state index contributed by atoms with van der Waals surface area (Å²) in [5, 5.41) is 9.06. The van der Waals surface area contributed by atoms with Gasteiger partial charge in [-0.15, -0.1) is 5.10 Å². The monoisotopic (exact) mass is 925 g/mol. The molecule has 368 valence electrons. The fourth-order valence-electron chi connectivity index (χ4n) is 6.58. The third-order valence-electron chi connectivity index (χ3n) is 11.6. The lowest BCUT2D eigenvalue weighted by atomic mass is 9.88. The minimum atomic E-state index is -0.0460. The smallest absolute Gasteiger partial charge is 0.252 e. The molecule has 8 rings (SSSR count). The lowest BCUT2D eigenvalue weighted by molar-refractivity contribution is 0.543. The molecule has 8 aromatic heterocycles. The summed E-state index contributed by atoms with van der Waals surface area (Å²) in [7, 11) is 0. The summed E-state index contributed by atoms with van der Waals surface area (Å²) in [6, 6.07) is 8.46. The average molecular weight is 925 g/mol. The Morgan fingerprint density at radius 2 is 0.721 bits per heavy atom. The minimum absolute atomic E-state index is 0.00604. The lowest BCUT2D eigenvalue weighted by Crippen LogP contribution is -2.14. The van der Waals surface area contributed by atoms with Crippen molar-refractivity contribution in [3.63, 3.8) is 0 Å². The van der Waals surface area contributed by atoms with Crippen molar-refractivity contribution >= 4 is 22.7 Å². The Morgan fingerprint density at radius 1 is 0.309 bits per heavy atom. The number of hydrogen-bond acceptors (Lipinski definition) is 8. The molecule has 0 N–H and O–H groups in total. The van der Waals surface area contributed by atoms with Crippen LogP contribution >= 0.6 is 0 Å². The van der Waals surface area contributed by atoms with Gasteiger partial charge in [-0.1, -0.05) is 178 Å². The van der Waals surface area contributed by atoms with Gasteiger partial charge in [0.05, 0.1) is 23.3 Å². The normalized spacial score (nSPS) is 13.3. The first-order valence-electron chi connectivity index (χ1n) is 24.2. The summed E-state index contributed by atoms with van der Waals surface area (Å²) >= 11 is 0. The van der Waals surface area contributed by atoms with Gasteiger partial charge >= 0.3 is 0 Å². The Kier molecular flexibility index (Phi) is 14.5. The van der Waals surface area contributed by atoms with E-state index < -0.39 is 0 Å². The molecule has 0 saturated carbocycles.